The molecule has 0 saturated carbocycles. The second kappa shape index (κ2) is 9.85. The van der Waals surface area contributed by atoms with Crippen molar-refractivity contribution < 1.29 is 19.1 Å². The molecular weight excluding hydrogens is 394 g/mol. The normalized spacial score (nSPS) is 9.94. The van der Waals surface area contributed by atoms with E-state index in [0.29, 0.717) is 16.9 Å². The Hall–Kier alpha value is -4.44. The summed E-state index contributed by atoms with van der Waals surface area (Å²) in [6.45, 7) is -0.535. The van der Waals surface area contributed by atoms with Crippen LogP contribution in [-0.4, -0.2) is 31.4 Å². The molecule has 3 aromatic carbocycles. The van der Waals surface area contributed by atoms with Gasteiger partial charge in [-0.25, -0.2) is 4.79 Å². The Morgan fingerprint density at radius 1 is 0.935 bits per heavy atom. The molecule has 3 aromatic rings. The second-order valence-corrected chi connectivity index (χ2v) is 6.56. The van der Waals surface area contributed by atoms with E-state index in [9.17, 15) is 14.4 Å². The van der Waals surface area contributed by atoms with E-state index in [1.807, 2.05) is 24.3 Å². The first-order valence-corrected chi connectivity index (χ1v) is 9.39. The molecule has 0 aromatic heterocycles. The predicted molar refractivity (Wildman–Crippen MR) is 116 cm³/mol. The van der Waals surface area contributed by atoms with Gasteiger partial charge in [0.15, 0.2) is 6.61 Å². The fourth-order valence-corrected chi connectivity index (χ4v) is 2.87. The van der Waals surface area contributed by atoms with E-state index in [0.717, 1.165) is 0 Å². The van der Waals surface area contributed by atoms with Crippen molar-refractivity contribution in [3.8, 4) is 6.07 Å². The third-order valence-electron chi connectivity index (χ3n) is 4.44. The van der Waals surface area contributed by atoms with E-state index < -0.39 is 18.5 Å². The Morgan fingerprint density at radius 3 is 2.32 bits per heavy atom. The van der Waals surface area contributed by atoms with E-state index in [-0.39, 0.29) is 17.0 Å². The molecule has 0 aliphatic carbocycles. The molecule has 0 unspecified atom stereocenters. The van der Waals surface area contributed by atoms with Crippen molar-refractivity contribution in [2.75, 3.05) is 23.9 Å². The monoisotopic (exact) mass is 413 g/mol. The smallest absolute Gasteiger partial charge is 0.339 e. The van der Waals surface area contributed by atoms with E-state index in [2.05, 4.69) is 5.32 Å². The number of benzene rings is 3. The highest BCUT2D eigenvalue weighted by atomic mass is 16.5. The van der Waals surface area contributed by atoms with Crippen LogP contribution in [0.4, 0.5) is 11.4 Å². The van der Waals surface area contributed by atoms with Crippen molar-refractivity contribution >= 4 is 29.2 Å². The number of ether oxygens (including phenoxy) is 1. The lowest BCUT2D eigenvalue weighted by molar-refractivity contribution is -0.119. The molecule has 0 aliphatic rings. The van der Waals surface area contributed by atoms with Crippen LogP contribution in [0.15, 0.2) is 78.9 Å². The van der Waals surface area contributed by atoms with Crippen molar-refractivity contribution in [1.29, 1.82) is 5.26 Å². The lowest BCUT2D eigenvalue weighted by atomic mass is 10.1. The zero-order valence-electron chi connectivity index (χ0n) is 16.7. The highest BCUT2D eigenvalue weighted by molar-refractivity contribution is 6.12. The number of rotatable bonds is 6. The lowest BCUT2D eigenvalue weighted by Gasteiger charge is -2.18. The highest BCUT2D eigenvalue weighted by Gasteiger charge is 2.22. The molecule has 0 saturated heterocycles. The average Bonchev–Trinajstić information content (AvgIpc) is 2.82. The largest absolute Gasteiger partial charge is 0.452 e. The van der Waals surface area contributed by atoms with Gasteiger partial charge < -0.3 is 15.0 Å². The zero-order chi connectivity index (χ0) is 22.2. The number of para-hydroxylation sites is 1. The van der Waals surface area contributed by atoms with Crippen molar-refractivity contribution in [1.82, 2.24) is 0 Å². The fourth-order valence-electron chi connectivity index (χ4n) is 2.87. The van der Waals surface area contributed by atoms with E-state index in [1.54, 1.807) is 49.5 Å². The summed E-state index contributed by atoms with van der Waals surface area (Å²) in [6.07, 6.45) is 0. The Bertz CT molecular complexity index is 1150. The first-order chi connectivity index (χ1) is 15.0. The van der Waals surface area contributed by atoms with Gasteiger partial charge in [-0.15, -0.1) is 0 Å². The molecule has 2 amide bonds. The molecule has 1 N–H and O–H groups in total. The van der Waals surface area contributed by atoms with Crippen LogP contribution >= 0.6 is 0 Å². The first-order valence-electron chi connectivity index (χ1n) is 9.39. The maximum absolute atomic E-state index is 12.9. The van der Waals surface area contributed by atoms with Crippen LogP contribution in [0, 0.1) is 11.3 Å². The van der Waals surface area contributed by atoms with Crippen molar-refractivity contribution in [3.63, 3.8) is 0 Å². The molecule has 31 heavy (non-hydrogen) atoms. The van der Waals surface area contributed by atoms with Gasteiger partial charge in [0.2, 0.25) is 0 Å². The molecular formula is C24H19N3O4. The van der Waals surface area contributed by atoms with Gasteiger partial charge in [-0.1, -0.05) is 36.4 Å². The standard InChI is InChI=1S/C24H19N3O4/c1-27(19-10-3-2-4-11-19)23(29)20-12-5-6-13-21(20)24(30)31-16-22(28)26-18-9-7-8-17(14-18)15-25/h2-14H,16H2,1H3,(H,26,28). The molecule has 3 rings (SSSR count). The van der Waals surface area contributed by atoms with Crippen LogP contribution in [-0.2, 0) is 9.53 Å². The maximum Gasteiger partial charge on any atom is 0.339 e. The van der Waals surface area contributed by atoms with Gasteiger partial charge >= 0.3 is 5.97 Å². The predicted octanol–water partition coefficient (Wildman–Crippen LogP) is 3.63. The van der Waals surface area contributed by atoms with Crippen LogP contribution in [0.1, 0.15) is 26.3 Å². The van der Waals surface area contributed by atoms with Gasteiger partial charge in [0.25, 0.3) is 11.8 Å². The van der Waals surface area contributed by atoms with E-state index in [4.69, 9.17) is 10.00 Å². The number of anilines is 2. The minimum Gasteiger partial charge on any atom is -0.452 e. The Balaban J connectivity index is 1.67. The summed E-state index contributed by atoms with van der Waals surface area (Å²) in [5.41, 5.74) is 1.72. The minimum absolute atomic E-state index is 0.0644. The first kappa shape index (κ1) is 21.3. The number of nitrogens with zero attached hydrogens (tertiary/aromatic N) is 2. The molecule has 0 atom stereocenters. The number of carbonyl (C=O) groups is 3. The number of carbonyl (C=O) groups excluding carboxylic acids is 3. The Morgan fingerprint density at radius 2 is 1.61 bits per heavy atom. The number of nitrogens with one attached hydrogen (secondary N) is 1. The fraction of sp³-hybridized carbons (Fsp3) is 0.0833. The van der Waals surface area contributed by atoms with Gasteiger partial charge in [-0.2, -0.15) is 5.26 Å². The SMILES string of the molecule is CN(C(=O)c1ccccc1C(=O)OCC(=O)Nc1cccc(C#N)c1)c1ccccc1. The average molecular weight is 413 g/mol. The van der Waals surface area contributed by atoms with Crippen molar-refractivity contribution in [3.05, 3.63) is 95.6 Å². The number of hydrogen-bond acceptors (Lipinski definition) is 5. The summed E-state index contributed by atoms with van der Waals surface area (Å²) >= 11 is 0. The summed E-state index contributed by atoms with van der Waals surface area (Å²) < 4.78 is 5.11. The van der Waals surface area contributed by atoms with Gasteiger partial charge in [0, 0.05) is 18.4 Å². The molecule has 154 valence electrons. The van der Waals surface area contributed by atoms with Gasteiger partial charge in [-0.3, -0.25) is 9.59 Å². The summed E-state index contributed by atoms with van der Waals surface area (Å²) in [5, 5.41) is 11.5. The van der Waals surface area contributed by atoms with Crippen LogP contribution in [0.25, 0.3) is 0 Å². The van der Waals surface area contributed by atoms with E-state index in [1.165, 1.54) is 23.1 Å². The van der Waals surface area contributed by atoms with Gasteiger partial charge in [0.1, 0.15) is 0 Å². The topological polar surface area (TPSA) is 99.5 Å². The Kier molecular flexibility index (Phi) is 6.76. The maximum atomic E-state index is 12.9. The molecule has 0 fully saturated rings. The Labute approximate surface area is 179 Å². The van der Waals surface area contributed by atoms with Crippen LogP contribution in [0.3, 0.4) is 0 Å². The number of hydrogen-bond donors (Lipinski definition) is 1. The number of esters is 1. The van der Waals surface area contributed by atoms with Crippen LogP contribution in [0.5, 0.6) is 0 Å². The van der Waals surface area contributed by atoms with Crippen molar-refractivity contribution in [2.24, 2.45) is 0 Å². The van der Waals surface area contributed by atoms with Gasteiger partial charge in [-0.05, 0) is 42.5 Å². The summed E-state index contributed by atoms with van der Waals surface area (Å²) in [7, 11) is 1.61. The molecule has 7 nitrogen and oxygen atoms in total. The second-order valence-electron chi connectivity index (χ2n) is 6.56. The molecule has 0 bridgehead atoms. The number of amides is 2. The quantitative estimate of drug-likeness (QED) is 0.622. The molecule has 0 aliphatic heterocycles. The molecule has 0 heterocycles. The number of nitriles is 1. The third-order valence-corrected chi connectivity index (χ3v) is 4.44. The van der Waals surface area contributed by atoms with E-state index >= 15 is 0 Å². The molecule has 7 heteroatoms. The van der Waals surface area contributed by atoms with Gasteiger partial charge in [0.05, 0.1) is 22.8 Å². The summed E-state index contributed by atoms with van der Waals surface area (Å²) in [6, 6.07) is 23.6. The lowest BCUT2D eigenvalue weighted by Crippen LogP contribution is -2.28. The highest BCUT2D eigenvalue weighted by Crippen LogP contribution is 2.18. The minimum atomic E-state index is -0.786. The van der Waals surface area contributed by atoms with Crippen LogP contribution in [0.2, 0.25) is 0 Å². The summed E-state index contributed by atoms with van der Waals surface area (Å²) in [4.78, 5) is 39.0. The van der Waals surface area contributed by atoms with Crippen LogP contribution < -0.4 is 10.2 Å². The zero-order valence-corrected chi connectivity index (χ0v) is 16.7. The summed E-state index contributed by atoms with van der Waals surface area (Å²) in [5.74, 6) is -1.73. The molecule has 0 spiro atoms. The molecule has 0 radical (unpaired) electrons. The third kappa shape index (κ3) is 5.34. The van der Waals surface area contributed by atoms with Crippen molar-refractivity contribution in [2.45, 2.75) is 0 Å².